The summed E-state index contributed by atoms with van der Waals surface area (Å²) in [5.74, 6) is -0.0987. The fourth-order valence-corrected chi connectivity index (χ4v) is 3.21. The van der Waals surface area contributed by atoms with Crippen molar-refractivity contribution in [1.82, 2.24) is 20.2 Å². The summed E-state index contributed by atoms with van der Waals surface area (Å²) < 4.78 is 1.60. The van der Waals surface area contributed by atoms with Crippen LogP contribution in [0.2, 0.25) is 5.02 Å². The maximum absolute atomic E-state index is 12.2. The predicted molar refractivity (Wildman–Crippen MR) is 104 cm³/mol. The number of nitriles is 1. The largest absolute Gasteiger partial charge is 0.325 e. The molecule has 0 radical (unpaired) electrons. The number of nitrogens with one attached hydrogen (secondary N) is 1. The fourth-order valence-electron chi connectivity index (χ4n) is 2.30. The molecule has 1 amide bonds. The highest BCUT2D eigenvalue weighted by molar-refractivity contribution is 7.99. The highest BCUT2D eigenvalue weighted by Crippen LogP contribution is 2.22. The summed E-state index contributed by atoms with van der Waals surface area (Å²) in [6.07, 6.45) is 0. The van der Waals surface area contributed by atoms with E-state index in [0.29, 0.717) is 21.4 Å². The molecule has 0 atom stereocenters. The van der Waals surface area contributed by atoms with Gasteiger partial charge < -0.3 is 5.32 Å². The van der Waals surface area contributed by atoms with Crippen LogP contribution in [0.15, 0.2) is 41.6 Å². The number of hydrogen-bond donors (Lipinski definition) is 1. The van der Waals surface area contributed by atoms with Crippen molar-refractivity contribution in [1.29, 1.82) is 5.26 Å². The molecule has 1 heterocycles. The average molecular weight is 399 g/mol. The van der Waals surface area contributed by atoms with Crippen LogP contribution in [0.5, 0.6) is 0 Å². The van der Waals surface area contributed by atoms with Crippen molar-refractivity contribution in [2.45, 2.75) is 19.0 Å². The van der Waals surface area contributed by atoms with Crippen molar-refractivity contribution in [2.24, 2.45) is 0 Å². The van der Waals surface area contributed by atoms with E-state index in [-0.39, 0.29) is 11.7 Å². The van der Waals surface area contributed by atoms with Crippen LogP contribution in [0, 0.1) is 25.2 Å². The number of benzene rings is 2. The van der Waals surface area contributed by atoms with E-state index in [1.54, 1.807) is 22.9 Å². The van der Waals surface area contributed by atoms with Gasteiger partial charge in [-0.2, -0.15) is 9.94 Å². The highest BCUT2D eigenvalue weighted by Gasteiger charge is 2.13. The summed E-state index contributed by atoms with van der Waals surface area (Å²) in [4.78, 5) is 12.2. The second kappa shape index (κ2) is 8.20. The normalized spacial score (nSPS) is 10.4. The van der Waals surface area contributed by atoms with Crippen LogP contribution in [0.25, 0.3) is 5.69 Å². The fraction of sp³-hybridized carbons (Fsp3) is 0.167. The van der Waals surface area contributed by atoms with E-state index in [1.165, 1.54) is 17.3 Å². The van der Waals surface area contributed by atoms with E-state index in [1.807, 2.05) is 38.1 Å². The number of rotatable bonds is 5. The lowest BCUT2D eigenvalue weighted by atomic mass is 10.1. The summed E-state index contributed by atoms with van der Waals surface area (Å²) in [6.45, 7) is 4.06. The summed E-state index contributed by atoms with van der Waals surface area (Å²) >= 11 is 7.20. The van der Waals surface area contributed by atoms with Crippen LogP contribution in [0.4, 0.5) is 5.69 Å². The number of carbonyl (C=O) groups is 1. The molecule has 0 spiro atoms. The van der Waals surface area contributed by atoms with Crippen LogP contribution in [0.3, 0.4) is 0 Å². The molecule has 0 bridgehead atoms. The van der Waals surface area contributed by atoms with E-state index in [0.717, 1.165) is 11.3 Å². The average Bonchev–Trinajstić information content (AvgIpc) is 3.11. The van der Waals surface area contributed by atoms with Gasteiger partial charge in [0.15, 0.2) is 0 Å². The zero-order valence-corrected chi connectivity index (χ0v) is 16.2. The number of aromatic nitrogens is 4. The maximum atomic E-state index is 12.2. The number of tetrazole rings is 1. The SMILES string of the molecule is Cc1ccc(-n2nnnc2SCC(=O)Nc2ccc(C#N)c(Cl)c2)cc1C. The number of halogens is 1. The van der Waals surface area contributed by atoms with Crippen LogP contribution in [-0.4, -0.2) is 31.9 Å². The molecule has 0 aliphatic heterocycles. The summed E-state index contributed by atoms with van der Waals surface area (Å²) in [7, 11) is 0. The molecule has 2 aromatic carbocycles. The number of carbonyl (C=O) groups excluding carboxylic acids is 1. The van der Waals surface area contributed by atoms with Crippen molar-refractivity contribution in [2.75, 3.05) is 11.1 Å². The monoisotopic (exact) mass is 398 g/mol. The zero-order valence-electron chi connectivity index (χ0n) is 14.6. The van der Waals surface area contributed by atoms with Gasteiger partial charge in [0.2, 0.25) is 11.1 Å². The van der Waals surface area contributed by atoms with Gasteiger partial charge in [-0.15, -0.1) is 5.10 Å². The molecule has 0 saturated carbocycles. The third-order valence-electron chi connectivity index (χ3n) is 3.88. The lowest BCUT2D eigenvalue weighted by Gasteiger charge is -2.08. The second-order valence-electron chi connectivity index (χ2n) is 5.79. The Morgan fingerprint density at radius 1 is 1.26 bits per heavy atom. The summed E-state index contributed by atoms with van der Waals surface area (Å²) in [5.41, 5.74) is 4.04. The Morgan fingerprint density at radius 3 is 2.78 bits per heavy atom. The molecule has 7 nitrogen and oxygen atoms in total. The Bertz CT molecular complexity index is 1040. The van der Waals surface area contributed by atoms with Crippen molar-refractivity contribution in [3.63, 3.8) is 0 Å². The van der Waals surface area contributed by atoms with Crippen molar-refractivity contribution in [3.05, 3.63) is 58.1 Å². The topological polar surface area (TPSA) is 96.5 Å². The van der Waals surface area contributed by atoms with Crippen molar-refractivity contribution >= 4 is 35.0 Å². The first-order valence-electron chi connectivity index (χ1n) is 7.96. The molecule has 27 heavy (non-hydrogen) atoms. The second-order valence-corrected chi connectivity index (χ2v) is 7.13. The van der Waals surface area contributed by atoms with Crippen LogP contribution >= 0.6 is 23.4 Å². The maximum Gasteiger partial charge on any atom is 0.234 e. The molecule has 136 valence electrons. The van der Waals surface area contributed by atoms with Gasteiger partial charge in [0, 0.05) is 5.69 Å². The minimum atomic E-state index is -0.226. The van der Waals surface area contributed by atoms with E-state index < -0.39 is 0 Å². The van der Waals surface area contributed by atoms with E-state index >= 15 is 0 Å². The minimum absolute atomic E-state index is 0.128. The molecular weight excluding hydrogens is 384 g/mol. The number of hydrogen-bond acceptors (Lipinski definition) is 6. The van der Waals surface area contributed by atoms with Crippen LogP contribution in [0.1, 0.15) is 16.7 Å². The third kappa shape index (κ3) is 4.45. The number of aryl methyl sites for hydroxylation is 2. The smallest absolute Gasteiger partial charge is 0.234 e. The minimum Gasteiger partial charge on any atom is -0.325 e. The molecule has 0 aliphatic carbocycles. The Hall–Kier alpha value is -2.89. The van der Waals surface area contributed by atoms with Gasteiger partial charge in [-0.25, -0.2) is 0 Å². The Labute approximate surface area is 165 Å². The molecule has 3 aromatic rings. The molecule has 0 aliphatic rings. The first-order chi connectivity index (χ1) is 13.0. The van der Waals surface area contributed by atoms with Gasteiger partial charge in [0.1, 0.15) is 6.07 Å². The van der Waals surface area contributed by atoms with Gasteiger partial charge in [0.05, 0.1) is 22.0 Å². The third-order valence-corrected chi connectivity index (χ3v) is 5.11. The molecule has 0 fully saturated rings. The van der Waals surface area contributed by atoms with E-state index in [9.17, 15) is 4.79 Å². The first kappa shape index (κ1) is 18.9. The highest BCUT2D eigenvalue weighted by atomic mass is 35.5. The first-order valence-corrected chi connectivity index (χ1v) is 9.32. The molecule has 9 heteroatoms. The predicted octanol–water partition coefficient (Wildman–Crippen LogP) is 3.54. The molecule has 1 aromatic heterocycles. The number of thioether (sulfide) groups is 1. The zero-order chi connectivity index (χ0) is 19.4. The molecule has 0 saturated heterocycles. The van der Waals surface area contributed by atoms with Gasteiger partial charge in [0.25, 0.3) is 0 Å². The number of nitrogens with zero attached hydrogens (tertiary/aromatic N) is 5. The van der Waals surface area contributed by atoms with Gasteiger partial charge >= 0.3 is 0 Å². The van der Waals surface area contributed by atoms with E-state index in [4.69, 9.17) is 16.9 Å². The van der Waals surface area contributed by atoms with Gasteiger partial charge in [-0.3, -0.25) is 4.79 Å². The molecular formula is C18H15ClN6OS. The lowest BCUT2D eigenvalue weighted by molar-refractivity contribution is -0.113. The van der Waals surface area contributed by atoms with Crippen molar-refractivity contribution in [3.8, 4) is 11.8 Å². The summed E-state index contributed by atoms with van der Waals surface area (Å²) in [6, 6.07) is 12.6. The molecule has 1 N–H and O–H groups in total. The van der Waals surface area contributed by atoms with Crippen LogP contribution in [-0.2, 0) is 4.79 Å². The Morgan fingerprint density at radius 2 is 2.07 bits per heavy atom. The van der Waals surface area contributed by atoms with Gasteiger partial charge in [-0.1, -0.05) is 29.4 Å². The molecule has 3 rings (SSSR count). The van der Waals surface area contributed by atoms with E-state index in [2.05, 4.69) is 20.8 Å². The van der Waals surface area contributed by atoms with Gasteiger partial charge in [-0.05, 0) is 65.7 Å². The Balaban J connectivity index is 1.66. The number of anilines is 1. The lowest BCUT2D eigenvalue weighted by Crippen LogP contribution is -2.14. The number of amides is 1. The molecule has 0 unspecified atom stereocenters. The summed E-state index contributed by atoms with van der Waals surface area (Å²) in [5, 5.41) is 24.1. The standard InChI is InChI=1S/C18H15ClN6OS/c1-11-3-6-15(7-12(11)2)25-18(22-23-24-25)27-10-17(26)21-14-5-4-13(9-20)16(19)8-14/h3-8H,10H2,1-2H3,(H,21,26). The van der Waals surface area contributed by atoms with Crippen molar-refractivity contribution < 1.29 is 4.79 Å². The quantitative estimate of drug-likeness (QED) is 0.660. The van der Waals surface area contributed by atoms with Crippen LogP contribution < -0.4 is 5.32 Å². The Kier molecular flexibility index (Phi) is 5.74.